The first-order valence-electron chi connectivity index (χ1n) is 8.38. The van der Waals surface area contributed by atoms with Crippen molar-refractivity contribution in [2.24, 2.45) is 5.92 Å². The van der Waals surface area contributed by atoms with Gasteiger partial charge in [0.1, 0.15) is 0 Å². The van der Waals surface area contributed by atoms with Crippen LogP contribution in [-0.4, -0.2) is 42.4 Å². The van der Waals surface area contributed by atoms with E-state index in [0.717, 1.165) is 51.1 Å². The summed E-state index contributed by atoms with van der Waals surface area (Å²) in [4.78, 5) is 15.7. The maximum absolute atomic E-state index is 12.3. The number of nitrogens with zero attached hydrogens (tertiary/aromatic N) is 1. The van der Waals surface area contributed by atoms with Crippen LogP contribution in [0.3, 0.4) is 0 Å². The largest absolute Gasteiger partial charge is 0.378 e. The van der Waals surface area contributed by atoms with Gasteiger partial charge in [-0.1, -0.05) is 18.2 Å². The van der Waals surface area contributed by atoms with Crippen LogP contribution in [0.5, 0.6) is 0 Å². The lowest BCUT2D eigenvalue weighted by Gasteiger charge is -2.17. The Bertz CT molecular complexity index is 473. The molecule has 0 aliphatic carbocycles. The van der Waals surface area contributed by atoms with Crippen LogP contribution >= 0.6 is 11.8 Å². The predicted octanol–water partition coefficient (Wildman–Crippen LogP) is 3.59. The Hall–Kier alpha value is -1.00. The molecule has 120 valence electrons. The van der Waals surface area contributed by atoms with Crippen molar-refractivity contribution in [3.05, 3.63) is 30.3 Å². The SMILES string of the molecule is O=C(CC[C@@H]1CCCO1)N1CC[C@H](CSc2ccccc2)C1. The molecule has 1 aromatic carbocycles. The van der Waals surface area contributed by atoms with Crippen molar-refractivity contribution >= 4 is 17.7 Å². The molecule has 2 saturated heterocycles. The molecular formula is C18H25NO2S. The molecule has 0 bridgehead atoms. The molecule has 4 heteroatoms. The van der Waals surface area contributed by atoms with Crippen LogP contribution in [0.15, 0.2) is 35.2 Å². The fourth-order valence-electron chi connectivity index (χ4n) is 3.24. The van der Waals surface area contributed by atoms with Gasteiger partial charge >= 0.3 is 0 Å². The number of carbonyl (C=O) groups excluding carboxylic acids is 1. The van der Waals surface area contributed by atoms with Gasteiger partial charge in [-0.15, -0.1) is 11.8 Å². The third-order valence-electron chi connectivity index (χ3n) is 4.57. The van der Waals surface area contributed by atoms with Gasteiger partial charge in [-0.2, -0.15) is 0 Å². The summed E-state index contributed by atoms with van der Waals surface area (Å²) in [5.41, 5.74) is 0. The van der Waals surface area contributed by atoms with Crippen molar-refractivity contribution in [2.75, 3.05) is 25.4 Å². The van der Waals surface area contributed by atoms with E-state index in [9.17, 15) is 4.79 Å². The second-order valence-electron chi connectivity index (χ2n) is 6.29. The molecule has 22 heavy (non-hydrogen) atoms. The Kier molecular flexibility index (Phi) is 5.79. The van der Waals surface area contributed by atoms with Gasteiger partial charge in [0.15, 0.2) is 0 Å². The highest BCUT2D eigenvalue weighted by Crippen LogP contribution is 2.26. The molecule has 3 rings (SSSR count). The van der Waals surface area contributed by atoms with Crippen molar-refractivity contribution in [1.82, 2.24) is 4.90 Å². The fourth-order valence-corrected chi connectivity index (χ4v) is 4.29. The van der Waals surface area contributed by atoms with E-state index in [4.69, 9.17) is 4.74 Å². The molecular weight excluding hydrogens is 294 g/mol. The summed E-state index contributed by atoms with van der Waals surface area (Å²) in [6, 6.07) is 10.5. The lowest BCUT2D eigenvalue weighted by Crippen LogP contribution is -2.29. The first-order valence-corrected chi connectivity index (χ1v) is 9.37. The van der Waals surface area contributed by atoms with E-state index in [0.29, 0.717) is 24.3 Å². The number of thioether (sulfide) groups is 1. The van der Waals surface area contributed by atoms with Gasteiger partial charge in [0, 0.05) is 36.8 Å². The Morgan fingerprint density at radius 3 is 2.91 bits per heavy atom. The number of hydrogen-bond acceptors (Lipinski definition) is 3. The molecule has 0 saturated carbocycles. The van der Waals surface area contributed by atoms with Crippen LogP contribution in [-0.2, 0) is 9.53 Å². The molecule has 1 aromatic rings. The topological polar surface area (TPSA) is 29.5 Å². The zero-order valence-electron chi connectivity index (χ0n) is 13.1. The van der Waals surface area contributed by atoms with Crippen LogP contribution in [0.25, 0.3) is 0 Å². The summed E-state index contributed by atoms with van der Waals surface area (Å²) in [6.45, 7) is 2.75. The Balaban J connectivity index is 1.37. The molecule has 0 unspecified atom stereocenters. The molecule has 0 aromatic heterocycles. The maximum Gasteiger partial charge on any atom is 0.222 e. The van der Waals surface area contributed by atoms with Crippen molar-refractivity contribution < 1.29 is 9.53 Å². The fraction of sp³-hybridized carbons (Fsp3) is 0.611. The van der Waals surface area contributed by atoms with E-state index in [1.54, 1.807) is 0 Å². The van der Waals surface area contributed by atoms with E-state index >= 15 is 0 Å². The van der Waals surface area contributed by atoms with Crippen LogP contribution in [0.2, 0.25) is 0 Å². The van der Waals surface area contributed by atoms with Crippen molar-refractivity contribution in [3.63, 3.8) is 0 Å². The number of amides is 1. The summed E-state index contributed by atoms with van der Waals surface area (Å²) in [7, 11) is 0. The monoisotopic (exact) mass is 319 g/mol. The van der Waals surface area contributed by atoms with Gasteiger partial charge in [-0.25, -0.2) is 0 Å². The molecule has 2 aliphatic heterocycles. The number of rotatable bonds is 6. The van der Waals surface area contributed by atoms with E-state index in [1.807, 2.05) is 17.8 Å². The molecule has 2 heterocycles. The van der Waals surface area contributed by atoms with Crippen LogP contribution in [0, 0.1) is 5.92 Å². The first kappa shape index (κ1) is 15.9. The normalized spacial score (nSPS) is 24.8. The van der Waals surface area contributed by atoms with E-state index in [1.165, 1.54) is 4.90 Å². The number of hydrogen-bond donors (Lipinski definition) is 0. The van der Waals surface area contributed by atoms with Gasteiger partial charge in [-0.3, -0.25) is 4.79 Å². The standard InChI is InChI=1S/C18H25NO2S/c20-18(9-8-16-5-4-12-21-16)19-11-10-15(13-19)14-22-17-6-2-1-3-7-17/h1-3,6-7,15-16H,4-5,8-14H2/t15-,16-/m0/s1. The molecule has 2 fully saturated rings. The first-order chi connectivity index (χ1) is 10.8. The van der Waals surface area contributed by atoms with Crippen LogP contribution in [0.4, 0.5) is 0 Å². The highest BCUT2D eigenvalue weighted by atomic mass is 32.2. The van der Waals surface area contributed by atoms with Gasteiger partial charge < -0.3 is 9.64 Å². The summed E-state index contributed by atoms with van der Waals surface area (Å²) < 4.78 is 5.60. The smallest absolute Gasteiger partial charge is 0.222 e. The number of carbonyl (C=O) groups is 1. The quantitative estimate of drug-likeness (QED) is 0.751. The van der Waals surface area contributed by atoms with E-state index < -0.39 is 0 Å². The van der Waals surface area contributed by atoms with Crippen LogP contribution < -0.4 is 0 Å². The molecule has 0 spiro atoms. The van der Waals surface area contributed by atoms with Gasteiger partial charge in [-0.05, 0) is 43.7 Å². The van der Waals surface area contributed by atoms with Gasteiger partial charge in [0.05, 0.1) is 6.10 Å². The third kappa shape index (κ3) is 4.50. The minimum Gasteiger partial charge on any atom is -0.378 e. The summed E-state index contributed by atoms with van der Waals surface area (Å²) in [6.07, 6.45) is 5.31. The summed E-state index contributed by atoms with van der Waals surface area (Å²) >= 11 is 1.91. The number of ether oxygens (including phenoxy) is 1. The molecule has 3 nitrogen and oxygen atoms in total. The molecule has 1 amide bonds. The van der Waals surface area contributed by atoms with Crippen molar-refractivity contribution in [2.45, 2.75) is 43.1 Å². The Labute approximate surface area is 137 Å². The predicted molar refractivity (Wildman–Crippen MR) is 90.1 cm³/mol. The Morgan fingerprint density at radius 2 is 2.14 bits per heavy atom. The van der Waals surface area contributed by atoms with E-state index in [2.05, 4.69) is 29.2 Å². The molecule has 2 aliphatic rings. The molecule has 2 atom stereocenters. The minimum atomic E-state index is 0.322. The van der Waals surface area contributed by atoms with Crippen LogP contribution in [0.1, 0.15) is 32.1 Å². The highest BCUT2D eigenvalue weighted by molar-refractivity contribution is 7.99. The zero-order valence-corrected chi connectivity index (χ0v) is 13.9. The second kappa shape index (κ2) is 8.02. The average Bonchev–Trinajstić information content (AvgIpc) is 3.23. The van der Waals surface area contributed by atoms with Crippen molar-refractivity contribution in [3.8, 4) is 0 Å². The maximum atomic E-state index is 12.3. The zero-order chi connectivity index (χ0) is 15.2. The molecule has 0 radical (unpaired) electrons. The Morgan fingerprint density at radius 1 is 1.27 bits per heavy atom. The second-order valence-corrected chi connectivity index (χ2v) is 7.39. The number of benzene rings is 1. The highest BCUT2D eigenvalue weighted by Gasteiger charge is 2.27. The van der Waals surface area contributed by atoms with Gasteiger partial charge in [0.2, 0.25) is 5.91 Å². The number of likely N-dealkylation sites (tertiary alicyclic amines) is 1. The minimum absolute atomic E-state index is 0.322. The summed E-state index contributed by atoms with van der Waals surface area (Å²) in [5, 5.41) is 0. The average molecular weight is 319 g/mol. The van der Waals surface area contributed by atoms with Crippen molar-refractivity contribution in [1.29, 1.82) is 0 Å². The lowest BCUT2D eigenvalue weighted by molar-refractivity contribution is -0.130. The third-order valence-corrected chi connectivity index (χ3v) is 5.82. The van der Waals surface area contributed by atoms with E-state index in [-0.39, 0.29) is 0 Å². The molecule has 0 N–H and O–H groups in total. The van der Waals surface area contributed by atoms with Gasteiger partial charge in [0.25, 0.3) is 0 Å². The lowest BCUT2D eigenvalue weighted by atomic mass is 10.1. The summed E-state index contributed by atoms with van der Waals surface area (Å²) in [5.74, 6) is 2.07.